The Morgan fingerprint density at radius 3 is 2.30 bits per heavy atom. The number of likely N-dealkylation sites (tertiary alicyclic amines) is 1. The molecule has 5 rings (SSSR count). The molecule has 1 aromatic heterocycles. The van der Waals surface area contributed by atoms with Gasteiger partial charge in [0.2, 0.25) is 0 Å². The molecule has 0 bridgehead atoms. The van der Waals surface area contributed by atoms with Crippen molar-refractivity contribution in [1.29, 1.82) is 0 Å². The summed E-state index contributed by atoms with van der Waals surface area (Å²) in [6, 6.07) is 11.2. The monoisotopic (exact) mass is 514 g/mol. The van der Waals surface area contributed by atoms with E-state index in [-0.39, 0.29) is 11.9 Å². The average molecular weight is 515 g/mol. The maximum atomic E-state index is 13.2. The molecule has 3 heterocycles. The lowest BCUT2D eigenvalue weighted by Gasteiger charge is -2.32. The van der Waals surface area contributed by atoms with E-state index >= 15 is 0 Å². The maximum absolute atomic E-state index is 13.2. The van der Waals surface area contributed by atoms with Gasteiger partial charge in [-0.15, -0.1) is 0 Å². The molecule has 0 unspecified atom stereocenters. The summed E-state index contributed by atoms with van der Waals surface area (Å²) < 4.78 is 42.1. The van der Waals surface area contributed by atoms with Crippen molar-refractivity contribution < 1.29 is 18.0 Å². The number of benzene rings is 2. The number of aromatic nitrogens is 2. The SMILES string of the molecule is Cc1ccc2c(c1)C(=O)N(CCCCN1CCC(n3c(=O)n(CC(F)(F)F)c4cc(C)ccc43)CC1)C2. The van der Waals surface area contributed by atoms with Crippen molar-refractivity contribution in [3.63, 3.8) is 0 Å². The summed E-state index contributed by atoms with van der Waals surface area (Å²) in [6.07, 6.45) is -1.13. The maximum Gasteiger partial charge on any atom is 0.406 e. The van der Waals surface area contributed by atoms with Crippen molar-refractivity contribution in [2.24, 2.45) is 0 Å². The number of alkyl halides is 3. The Balaban J connectivity index is 1.16. The van der Waals surface area contributed by atoms with Gasteiger partial charge >= 0.3 is 11.9 Å². The largest absolute Gasteiger partial charge is 0.406 e. The van der Waals surface area contributed by atoms with E-state index in [1.54, 1.807) is 16.7 Å². The molecule has 0 radical (unpaired) electrons. The molecule has 0 aliphatic carbocycles. The summed E-state index contributed by atoms with van der Waals surface area (Å²) in [5.74, 6) is 0.116. The number of halogens is 3. The highest BCUT2D eigenvalue weighted by molar-refractivity contribution is 5.98. The van der Waals surface area contributed by atoms with E-state index in [4.69, 9.17) is 0 Å². The summed E-state index contributed by atoms with van der Waals surface area (Å²) in [5, 5.41) is 0. The van der Waals surface area contributed by atoms with Crippen molar-refractivity contribution in [1.82, 2.24) is 18.9 Å². The number of nitrogens with zero attached hydrogens (tertiary/aromatic N) is 4. The third-order valence-corrected chi connectivity index (χ3v) is 7.67. The van der Waals surface area contributed by atoms with Gasteiger partial charge in [0, 0.05) is 37.8 Å². The Morgan fingerprint density at radius 2 is 1.57 bits per heavy atom. The van der Waals surface area contributed by atoms with Crippen molar-refractivity contribution in [3.05, 3.63) is 69.1 Å². The van der Waals surface area contributed by atoms with Crippen molar-refractivity contribution in [2.45, 2.75) is 64.8 Å². The van der Waals surface area contributed by atoms with Crippen LogP contribution in [0.25, 0.3) is 11.0 Å². The number of carbonyl (C=O) groups excluding carboxylic acids is 1. The molecule has 2 aliphatic rings. The number of aryl methyl sites for hydroxylation is 2. The fraction of sp³-hybridized carbons (Fsp3) is 0.500. The van der Waals surface area contributed by atoms with Crippen LogP contribution in [-0.4, -0.2) is 57.2 Å². The molecular weight excluding hydrogens is 481 g/mol. The van der Waals surface area contributed by atoms with E-state index in [1.165, 1.54) is 0 Å². The van der Waals surface area contributed by atoms with Crippen molar-refractivity contribution in [2.75, 3.05) is 26.2 Å². The van der Waals surface area contributed by atoms with E-state index in [0.717, 1.165) is 78.7 Å². The van der Waals surface area contributed by atoms with Gasteiger partial charge in [-0.3, -0.25) is 13.9 Å². The smallest absolute Gasteiger partial charge is 0.334 e. The number of carbonyl (C=O) groups is 1. The minimum atomic E-state index is -4.46. The third-order valence-electron chi connectivity index (χ3n) is 7.67. The first-order chi connectivity index (χ1) is 17.6. The molecule has 0 atom stereocenters. The van der Waals surface area contributed by atoms with Gasteiger partial charge in [-0.25, -0.2) is 4.79 Å². The second-order valence-electron chi connectivity index (χ2n) is 10.5. The molecule has 37 heavy (non-hydrogen) atoms. The van der Waals surface area contributed by atoms with Crippen LogP contribution in [0.1, 0.15) is 58.8 Å². The second-order valence-corrected chi connectivity index (χ2v) is 10.5. The van der Waals surface area contributed by atoms with E-state index in [2.05, 4.69) is 4.90 Å². The van der Waals surface area contributed by atoms with Gasteiger partial charge in [0.25, 0.3) is 5.91 Å². The van der Waals surface area contributed by atoms with Crippen molar-refractivity contribution in [3.8, 4) is 0 Å². The topological polar surface area (TPSA) is 50.5 Å². The molecule has 0 N–H and O–H groups in total. The number of unbranched alkanes of at least 4 members (excludes halogenated alkanes) is 1. The van der Waals surface area contributed by atoms with Gasteiger partial charge in [0.1, 0.15) is 6.54 Å². The molecule has 9 heteroatoms. The standard InChI is InChI=1S/C28H33F3N4O2/c1-19-5-7-21-17-33(26(36)23(21)15-19)12-4-3-11-32-13-9-22(10-14-32)35-24-8-6-20(2)16-25(24)34(27(35)37)18-28(29,30)31/h5-8,15-16,22H,3-4,9-14,17-18H2,1-2H3. The number of piperidine rings is 1. The van der Waals surface area contributed by atoms with Crippen LogP contribution in [0.3, 0.4) is 0 Å². The Morgan fingerprint density at radius 1 is 0.892 bits per heavy atom. The van der Waals surface area contributed by atoms with Gasteiger partial charge in [0.05, 0.1) is 11.0 Å². The molecule has 2 aromatic carbocycles. The van der Waals surface area contributed by atoms with Crippen LogP contribution in [-0.2, 0) is 13.1 Å². The zero-order valence-corrected chi connectivity index (χ0v) is 21.4. The number of imidazole rings is 1. The molecular formula is C28H33F3N4O2. The van der Waals surface area contributed by atoms with E-state index in [0.29, 0.717) is 17.6 Å². The van der Waals surface area contributed by atoms with Gasteiger partial charge in [-0.05, 0) is 75.4 Å². The molecule has 3 aromatic rings. The summed E-state index contributed by atoms with van der Waals surface area (Å²) in [6.45, 7) is 6.44. The summed E-state index contributed by atoms with van der Waals surface area (Å²) >= 11 is 0. The molecule has 1 amide bonds. The first kappa shape index (κ1) is 25.6. The van der Waals surface area contributed by atoms with Crippen LogP contribution in [0, 0.1) is 13.8 Å². The zero-order valence-electron chi connectivity index (χ0n) is 21.4. The molecule has 1 saturated heterocycles. The summed E-state index contributed by atoms with van der Waals surface area (Å²) in [5.41, 5.74) is 4.18. The predicted molar refractivity (Wildman–Crippen MR) is 137 cm³/mol. The number of hydrogen-bond donors (Lipinski definition) is 0. The second kappa shape index (κ2) is 10.0. The molecule has 0 saturated carbocycles. The van der Waals surface area contributed by atoms with Crippen LogP contribution >= 0.6 is 0 Å². The van der Waals surface area contributed by atoms with Gasteiger partial charge in [-0.1, -0.05) is 23.8 Å². The average Bonchev–Trinajstić information content (AvgIpc) is 3.29. The number of amides is 1. The number of fused-ring (bicyclic) bond motifs is 2. The first-order valence-electron chi connectivity index (χ1n) is 13.0. The van der Waals surface area contributed by atoms with Crippen LogP contribution in [0.4, 0.5) is 13.2 Å². The normalized spacial score (nSPS) is 17.2. The number of rotatable bonds is 7. The lowest BCUT2D eigenvalue weighted by atomic mass is 10.0. The van der Waals surface area contributed by atoms with Gasteiger partial charge < -0.3 is 9.80 Å². The quantitative estimate of drug-likeness (QED) is 0.415. The zero-order chi connectivity index (χ0) is 26.3. The van der Waals surface area contributed by atoms with Crippen molar-refractivity contribution >= 4 is 16.9 Å². The highest BCUT2D eigenvalue weighted by atomic mass is 19.4. The highest BCUT2D eigenvalue weighted by Crippen LogP contribution is 2.29. The molecule has 2 aliphatic heterocycles. The van der Waals surface area contributed by atoms with Crippen LogP contribution in [0.15, 0.2) is 41.2 Å². The predicted octanol–water partition coefficient (Wildman–Crippen LogP) is 5.06. The lowest BCUT2D eigenvalue weighted by molar-refractivity contribution is -0.140. The Hall–Kier alpha value is -3.07. The minimum Gasteiger partial charge on any atom is -0.334 e. The van der Waals surface area contributed by atoms with E-state index in [9.17, 15) is 22.8 Å². The Labute approximate surface area is 214 Å². The Bertz CT molecular complexity index is 1370. The highest BCUT2D eigenvalue weighted by Gasteiger charge is 2.32. The van der Waals surface area contributed by atoms with Crippen LogP contribution < -0.4 is 5.69 Å². The lowest BCUT2D eigenvalue weighted by Crippen LogP contribution is -2.39. The summed E-state index contributed by atoms with van der Waals surface area (Å²) in [4.78, 5) is 30.0. The minimum absolute atomic E-state index is 0.116. The fourth-order valence-corrected chi connectivity index (χ4v) is 5.77. The third kappa shape index (κ3) is 5.32. The van der Waals surface area contributed by atoms with E-state index in [1.807, 2.05) is 43.0 Å². The molecule has 0 spiro atoms. The van der Waals surface area contributed by atoms with Gasteiger partial charge in [0.15, 0.2) is 0 Å². The fourth-order valence-electron chi connectivity index (χ4n) is 5.77. The first-order valence-corrected chi connectivity index (χ1v) is 13.0. The van der Waals surface area contributed by atoms with Crippen LogP contribution in [0.2, 0.25) is 0 Å². The molecule has 6 nitrogen and oxygen atoms in total. The molecule has 198 valence electrons. The summed E-state index contributed by atoms with van der Waals surface area (Å²) in [7, 11) is 0. The number of hydrogen-bond acceptors (Lipinski definition) is 3. The van der Waals surface area contributed by atoms with E-state index < -0.39 is 18.4 Å². The van der Waals surface area contributed by atoms with Gasteiger partial charge in [-0.2, -0.15) is 13.2 Å². The molecule has 1 fully saturated rings. The van der Waals surface area contributed by atoms with Crippen LogP contribution in [0.5, 0.6) is 0 Å². The Kier molecular flexibility index (Phi) is 6.91.